The van der Waals surface area contributed by atoms with E-state index in [0.717, 1.165) is 34.0 Å². The fraction of sp³-hybridized carbons (Fsp3) is 0.150. The van der Waals surface area contributed by atoms with E-state index in [9.17, 15) is 18.0 Å². The van der Waals surface area contributed by atoms with E-state index >= 15 is 0 Å². The van der Waals surface area contributed by atoms with Gasteiger partial charge in [0.2, 0.25) is 0 Å². The summed E-state index contributed by atoms with van der Waals surface area (Å²) in [5.41, 5.74) is 4.44. The van der Waals surface area contributed by atoms with Gasteiger partial charge in [-0.1, -0.05) is 12.1 Å². The van der Waals surface area contributed by atoms with Crippen molar-refractivity contribution in [2.45, 2.75) is 13.1 Å². The van der Waals surface area contributed by atoms with Crippen molar-refractivity contribution in [3.63, 3.8) is 0 Å². The van der Waals surface area contributed by atoms with Gasteiger partial charge < -0.3 is 15.6 Å². The molecule has 7 nitrogen and oxygen atoms in total. The minimum atomic E-state index is -4.47. The Morgan fingerprint density at radius 2 is 1.97 bits per heavy atom. The number of nitrogens with one attached hydrogen (secondary N) is 3. The average Bonchev–Trinajstić information content (AvgIpc) is 3.32. The topological polar surface area (TPSA) is 87.1 Å². The van der Waals surface area contributed by atoms with Crippen molar-refractivity contribution in [3.8, 4) is 22.5 Å². The number of benzene rings is 1. The number of aromatic nitrogens is 4. The summed E-state index contributed by atoms with van der Waals surface area (Å²) in [5.74, 6) is 0.817. The number of imidazole rings is 2. The quantitative estimate of drug-likeness (QED) is 0.463. The standard InChI is InChI=1S/C20H17F3N6O/c1-12-24-9-16(27-12)13-5-6-29-17(10-25-18(29)8-13)14-3-2-4-15(7-14)28-19(30)26-11-20(21,22)23/h2-10H,11H2,1H3,(H,24,27)(H2,26,28,30). The number of hydrogen-bond donors (Lipinski definition) is 3. The van der Waals surface area contributed by atoms with E-state index in [-0.39, 0.29) is 0 Å². The van der Waals surface area contributed by atoms with Crippen LogP contribution in [0.3, 0.4) is 0 Å². The lowest BCUT2D eigenvalue weighted by Crippen LogP contribution is -2.36. The first-order valence-corrected chi connectivity index (χ1v) is 9.00. The van der Waals surface area contributed by atoms with Gasteiger partial charge in [-0.2, -0.15) is 13.2 Å². The van der Waals surface area contributed by atoms with Crippen molar-refractivity contribution in [3.05, 3.63) is 60.8 Å². The number of anilines is 1. The van der Waals surface area contributed by atoms with E-state index in [1.165, 1.54) is 0 Å². The van der Waals surface area contributed by atoms with Crippen LogP contribution in [-0.2, 0) is 0 Å². The molecule has 0 saturated carbocycles. The normalized spacial score (nSPS) is 11.6. The first kappa shape index (κ1) is 19.5. The molecule has 0 fully saturated rings. The first-order chi connectivity index (χ1) is 14.3. The maximum absolute atomic E-state index is 12.2. The zero-order valence-corrected chi connectivity index (χ0v) is 15.8. The third-order valence-electron chi connectivity index (χ3n) is 4.39. The molecular weight excluding hydrogens is 397 g/mol. The zero-order valence-electron chi connectivity index (χ0n) is 15.8. The molecule has 2 amide bonds. The van der Waals surface area contributed by atoms with Gasteiger partial charge in [-0.25, -0.2) is 14.8 Å². The SMILES string of the molecule is Cc1ncc(-c2ccn3c(-c4cccc(NC(=O)NCC(F)(F)F)c4)cnc3c2)[nH]1. The van der Waals surface area contributed by atoms with Crippen LogP contribution in [0, 0.1) is 6.92 Å². The van der Waals surface area contributed by atoms with Crippen LogP contribution in [0.15, 0.2) is 55.0 Å². The molecule has 0 aliphatic heterocycles. The Morgan fingerprint density at radius 3 is 2.70 bits per heavy atom. The lowest BCUT2D eigenvalue weighted by molar-refractivity contribution is -0.122. The number of aromatic amines is 1. The van der Waals surface area contributed by atoms with E-state index in [2.05, 4.69) is 20.3 Å². The molecule has 0 spiro atoms. The number of fused-ring (bicyclic) bond motifs is 1. The minimum Gasteiger partial charge on any atom is -0.342 e. The number of pyridine rings is 1. The van der Waals surface area contributed by atoms with E-state index in [1.54, 1.807) is 35.9 Å². The average molecular weight is 414 g/mol. The van der Waals surface area contributed by atoms with Crippen LogP contribution in [0.2, 0.25) is 0 Å². The van der Waals surface area contributed by atoms with Crippen LogP contribution in [0.4, 0.5) is 23.7 Å². The Kier molecular flexibility index (Phi) is 4.90. The van der Waals surface area contributed by atoms with Gasteiger partial charge in [-0.05, 0) is 31.2 Å². The number of carbonyl (C=O) groups excluding carboxylic acids is 1. The Labute approximate surface area is 169 Å². The molecule has 0 saturated heterocycles. The fourth-order valence-corrected chi connectivity index (χ4v) is 3.04. The van der Waals surface area contributed by atoms with Crippen molar-refractivity contribution in [1.29, 1.82) is 0 Å². The van der Waals surface area contributed by atoms with Gasteiger partial charge in [0.05, 0.1) is 23.8 Å². The van der Waals surface area contributed by atoms with Crippen LogP contribution >= 0.6 is 0 Å². The molecule has 3 heterocycles. The van der Waals surface area contributed by atoms with Gasteiger partial charge in [0.1, 0.15) is 18.0 Å². The summed E-state index contributed by atoms with van der Waals surface area (Å²) >= 11 is 0. The monoisotopic (exact) mass is 414 g/mol. The molecule has 0 bridgehead atoms. The van der Waals surface area contributed by atoms with Crippen LogP contribution in [0.25, 0.3) is 28.2 Å². The molecule has 0 unspecified atom stereocenters. The van der Waals surface area contributed by atoms with Crippen LogP contribution < -0.4 is 10.6 Å². The molecule has 0 atom stereocenters. The lowest BCUT2D eigenvalue weighted by atomic mass is 10.1. The second-order valence-electron chi connectivity index (χ2n) is 6.67. The highest BCUT2D eigenvalue weighted by atomic mass is 19.4. The highest BCUT2D eigenvalue weighted by Crippen LogP contribution is 2.26. The molecule has 4 rings (SSSR count). The number of aryl methyl sites for hydroxylation is 1. The number of amides is 2. The van der Waals surface area contributed by atoms with Crippen LogP contribution in [0.5, 0.6) is 0 Å². The van der Waals surface area contributed by atoms with Gasteiger partial charge in [0.15, 0.2) is 0 Å². The molecule has 1 aromatic carbocycles. The number of H-pyrrole nitrogens is 1. The molecule has 10 heteroatoms. The third kappa shape index (κ3) is 4.27. The van der Waals surface area contributed by atoms with Gasteiger partial charge in [0, 0.05) is 23.0 Å². The fourth-order valence-electron chi connectivity index (χ4n) is 3.04. The van der Waals surface area contributed by atoms with Crippen LogP contribution in [-0.4, -0.2) is 38.1 Å². The number of hydrogen-bond acceptors (Lipinski definition) is 3. The zero-order chi connectivity index (χ0) is 21.3. The predicted octanol–water partition coefficient (Wildman–Crippen LogP) is 4.38. The van der Waals surface area contributed by atoms with Crippen molar-refractivity contribution in [1.82, 2.24) is 24.7 Å². The summed E-state index contributed by atoms with van der Waals surface area (Å²) in [4.78, 5) is 23.5. The summed E-state index contributed by atoms with van der Waals surface area (Å²) in [6, 6.07) is 9.72. The maximum atomic E-state index is 12.2. The summed E-state index contributed by atoms with van der Waals surface area (Å²) in [6.45, 7) is 0.476. The molecule has 0 aliphatic rings. The molecule has 3 aromatic heterocycles. The Hall–Kier alpha value is -3.82. The Bertz CT molecular complexity index is 1210. The number of nitrogens with zero attached hydrogens (tertiary/aromatic N) is 3. The summed E-state index contributed by atoms with van der Waals surface area (Å²) in [6.07, 6.45) is 0.854. The summed E-state index contributed by atoms with van der Waals surface area (Å²) in [7, 11) is 0. The van der Waals surface area contributed by atoms with Gasteiger partial charge in [-0.15, -0.1) is 0 Å². The second-order valence-corrected chi connectivity index (χ2v) is 6.67. The van der Waals surface area contributed by atoms with Crippen molar-refractivity contribution in [2.24, 2.45) is 0 Å². The highest BCUT2D eigenvalue weighted by molar-refractivity contribution is 5.90. The number of halogens is 3. The molecule has 154 valence electrons. The smallest absolute Gasteiger partial charge is 0.342 e. The van der Waals surface area contributed by atoms with Crippen molar-refractivity contribution < 1.29 is 18.0 Å². The van der Waals surface area contributed by atoms with E-state index in [1.807, 2.05) is 35.7 Å². The molecule has 3 N–H and O–H groups in total. The maximum Gasteiger partial charge on any atom is 0.405 e. The number of rotatable bonds is 4. The Balaban J connectivity index is 1.57. The third-order valence-corrected chi connectivity index (χ3v) is 4.39. The van der Waals surface area contributed by atoms with Gasteiger partial charge in [-0.3, -0.25) is 4.40 Å². The minimum absolute atomic E-state index is 0.367. The Morgan fingerprint density at radius 1 is 1.13 bits per heavy atom. The van der Waals surface area contributed by atoms with Crippen LogP contribution in [0.1, 0.15) is 5.82 Å². The molecule has 4 aromatic rings. The van der Waals surface area contributed by atoms with Gasteiger partial charge in [0.25, 0.3) is 0 Å². The van der Waals surface area contributed by atoms with E-state index < -0.39 is 18.8 Å². The number of alkyl halides is 3. The summed E-state index contributed by atoms with van der Waals surface area (Å²) < 4.78 is 38.6. The van der Waals surface area contributed by atoms with Crippen molar-refractivity contribution >= 4 is 17.4 Å². The largest absolute Gasteiger partial charge is 0.405 e. The number of carbonyl (C=O) groups is 1. The number of urea groups is 1. The highest BCUT2D eigenvalue weighted by Gasteiger charge is 2.27. The van der Waals surface area contributed by atoms with Crippen molar-refractivity contribution in [2.75, 3.05) is 11.9 Å². The molecule has 30 heavy (non-hydrogen) atoms. The predicted molar refractivity (Wildman–Crippen MR) is 106 cm³/mol. The molecule has 0 radical (unpaired) electrons. The molecule has 0 aliphatic carbocycles. The first-order valence-electron chi connectivity index (χ1n) is 9.00. The van der Waals surface area contributed by atoms with E-state index in [4.69, 9.17) is 0 Å². The second kappa shape index (κ2) is 7.54. The summed E-state index contributed by atoms with van der Waals surface area (Å²) in [5, 5.41) is 4.18. The van der Waals surface area contributed by atoms with E-state index in [0.29, 0.717) is 5.69 Å². The van der Waals surface area contributed by atoms with Gasteiger partial charge >= 0.3 is 12.2 Å². The molecular formula is C20H17F3N6O. The lowest BCUT2D eigenvalue weighted by Gasteiger charge is -2.11.